The second-order valence-electron chi connectivity index (χ2n) is 5.11. The van der Waals surface area contributed by atoms with Crippen molar-refractivity contribution in [3.05, 3.63) is 20.9 Å². The van der Waals surface area contributed by atoms with Crippen molar-refractivity contribution in [1.82, 2.24) is 9.88 Å². The second-order valence-corrected chi connectivity index (χ2v) is 6.74. The predicted molar refractivity (Wildman–Crippen MR) is 85.3 cm³/mol. The second kappa shape index (κ2) is 6.39. The van der Waals surface area contributed by atoms with E-state index >= 15 is 0 Å². The van der Waals surface area contributed by atoms with E-state index < -0.39 is 0 Å². The molecule has 0 radical (unpaired) electrons. The molecule has 0 unspecified atom stereocenters. The fraction of sp³-hybridized carbons (Fsp3) is 0.615. The van der Waals surface area contributed by atoms with Gasteiger partial charge in [-0.3, -0.25) is 0 Å². The Morgan fingerprint density at radius 2 is 1.94 bits per heavy atom. The Balaban J connectivity index is 1.91. The smallest absolute Gasteiger partial charge is 0.132 e. The van der Waals surface area contributed by atoms with E-state index in [4.69, 9.17) is 11.6 Å². The minimum atomic E-state index is 0.531. The monoisotopic (exact) mass is 379 g/mol. The van der Waals surface area contributed by atoms with Crippen molar-refractivity contribution in [2.45, 2.75) is 37.8 Å². The summed E-state index contributed by atoms with van der Waals surface area (Å²) in [6, 6.07) is 5.18. The Morgan fingerprint density at radius 1 is 1.28 bits per heavy atom. The Hall–Kier alpha value is -0.0700. The summed E-state index contributed by atoms with van der Waals surface area (Å²) in [6.45, 7) is 0. The average Bonchev–Trinajstić information content (AvgIpc) is 2.28. The summed E-state index contributed by atoms with van der Waals surface area (Å²) >= 11 is 8.24. The Labute approximate surface area is 127 Å². The van der Waals surface area contributed by atoms with E-state index in [1.54, 1.807) is 0 Å². The first-order valence-electron chi connectivity index (χ1n) is 6.30. The Bertz CT molecular complexity index is 383. The SMILES string of the molecule is CN(C)[C@H]1CC[C@H](Nc2cc(I)cc(Cl)n2)CC1. The summed E-state index contributed by atoms with van der Waals surface area (Å²) in [4.78, 5) is 6.65. The minimum Gasteiger partial charge on any atom is -0.367 e. The molecular formula is C13H19ClIN3. The first kappa shape index (κ1) is 14.3. The molecule has 0 amide bonds. The molecule has 1 heterocycles. The first-order valence-corrected chi connectivity index (χ1v) is 7.76. The number of hydrogen-bond donors (Lipinski definition) is 1. The lowest BCUT2D eigenvalue weighted by Crippen LogP contribution is -2.36. The minimum absolute atomic E-state index is 0.531. The number of aromatic nitrogens is 1. The number of halogens is 2. The molecule has 0 saturated heterocycles. The molecule has 1 aliphatic carbocycles. The van der Waals surface area contributed by atoms with Crippen LogP contribution in [0.2, 0.25) is 5.15 Å². The number of hydrogen-bond acceptors (Lipinski definition) is 3. The van der Waals surface area contributed by atoms with Gasteiger partial charge in [0.15, 0.2) is 0 Å². The molecule has 1 fully saturated rings. The Morgan fingerprint density at radius 3 is 2.50 bits per heavy atom. The van der Waals surface area contributed by atoms with E-state index in [-0.39, 0.29) is 0 Å². The summed E-state index contributed by atoms with van der Waals surface area (Å²) in [5.74, 6) is 0.903. The fourth-order valence-electron chi connectivity index (χ4n) is 2.49. The summed E-state index contributed by atoms with van der Waals surface area (Å²) in [5.41, 5.74) is 0. The molecule has 1 N–H and O–H groups in total. The maximum Gasteiger partial charge on any atom is 0.132 e. The summed E-state index contributed by atoms with van der Waals surface area (Å²) in [6.07, 6.45) is 4.91. The molecule has 5 heteroatoms. The van der Waals surface area contributed by atoms with E-state index in [2.05, 4.69) is 51.9 Å². The third kappa shape index (κ3) is 3.96. The van der Waals surface area contributed by atoms with Crippen LogP contribution in [0, 0.1) is 3.57 Å². The first-order chi connectivity index (χ1) is 8.54. The molecule has 18 heavy (non-hydrogen) atoms. The van der Waals surface area contributed by atoms with Gasteiger partial charge >= 0.3 is 0 Å². The average molecular weight is 380 g/mol. The van der Waals surface area contributed by atoms with Gasteiger partial charge in [-0.25, -0.2) is 4.98 Å². The van der Waals surface area contributed by atoms with Gasteiger partial charge in [0.05, 0.1) is 0 Å². The molecule has 100 valence electrons. The molecule has 1 aliphatic rings. The van der Waals surface area contributed by atoms with Crippen molar-refractivity contribution in [3.63, 3.8) is 0 Å². The normalized spacial score (nSPS) is 24.3. The van der Waals surface area contributed by atoms with Gasteiger partial charge < -0.3 is 10.2 Å². The molecule has 0 bridgehead atoms. The highest BCUT2D eigenvalue weighted by atomic mass is 127. The summed E-state index contributed by atoms with van der Waals surface area (Å²) in [5, 5.41) is 4.06. The van der Waals surface area contributed by atoms with Crippen molar-refractivity contribution in [1.29, 1.82) is 0 Å². The van der Waals surface area contributed by atoms with Gasteiger partial charge in [0, 0.05) is 15.7 Å². The number of nitrogens with one attached hydrogen (secondary N) is 1. The van der Waals surface area contributed by atoms with Crippen LogP contribution in [0.25, 0.3) is 0 Å². The van der Waals surface area contributed by atoms with Gasteiger partial charge in [-0.2, -0.15) is 0 Å². The zero-order chi connectivity index (χ0) is 13.1. The number of pyridine rings is 1. The van der Waals surface area contributed by atoms with Gasteiger partial charge in [-0.1, -0.05) is 11.6 Å². The number of rotatable bonds is 3. The van der Waals surface area contributed by atoms with Crippen LogP contribution < -0.4 is 5.32 Å². The van der Waals surface area contributed by atoms with Crippen molar-refractivity contribution >= 4 is 40.0 Å². The predicted octanol–water partition coefficient (Wildman–Crippen LogP) is 3.62. The quantitative estimate of drug-likeness (QED) is 0.642. The lowest BCUT2D eigenvalue weighted by Gasteiger charge is -2.33. The van der Waals surface area contributed by atoms with E-state index in [9.17, 15) is 0 Å². The maximum atomic E-state index is 5.97. The van der Waals surface area contributed by atoms with Gasteiger partial charge in [0.1, 0.15) is 11.0 Å². The lowest BCUT2D eigenvalue weighted by atomic mass is 9.90. The van der Waals surface area contributed by atoms with Crippen LogP contribution in [0.15, 0.2) is 12.1 Å². The largest absolute Gasteiger partial charge is 0.367 e. The standard InChI is InChI=1S/C13H19ClIN3/c1-18(2)11-5-3-10(4-6-11)16-13-8-9(15)7-12(14)17-13/h7-8,10-11H,3-6H2,1-2H3,(H,16,17)/t10-,11-. The van der Waals surface area contributed by atoms with Crippen LogP contribution in [0.4, 0.5) is 5.82 Å². The molecule has 3 nitrogen and oxygen atoms in total. The van der Waals surface area contributed by atoms with Crippen molar-refractivity contribution in [2.75, 3.05) is 19.4 Å². The van der Waals surface area contributed by atoms with E-state index in [1.807, 2.05) is 12.1 Å². The molecule has 1 aromatic rings. The van der Waals surface area contributed by atoms with Crippen LogP contribution in [-0.2, 0) is 0 Å². The van der Waals surface area contributed by atoms with E-state index in [1.165, 1.54) is 25.7 Å². The van der Waals surface area contributed by atoms with Crippen molar-refractivity contribution < 1.29 is 0 Å². The molecule has 1 saturated carbocycles. The number of nitrogens with zero attached hydrogens (tertiary/aromatic N) is 2. The van der Waals surface area contributed by atoms with Crippen LogP contribution in [-0.4, -0.2) is 36.1 Å². The zero-order valence-corrected chi connectivity index (χ0v) is 13.7. The van der Waals surface area contributed by atoms with Gasteiger partial charge in [-0.05, 0) is 74.5 Å². The highest BCUT2D eigenvalue weighted by Crippen LogP contribution is 2.25. The van der Waals surface area contributed by atoms with Crippen LogP contribution in [0.5, 0.6) is 0 Å². The van der Waals surface area contributed by atoms with Gasteiger partial charge in [0.25, 0.3) is 0 Å². The van der Waals surface area contributed by atoms with Crippen LogP contribution in [0.1, 0.15) is 25.7 Å². The topological polar surface area (TPSA) is 28.2 Å². The van der Waals surface area contributed by atoms with Crippen LogP contribution >= 0.6 is 34.2 Å². The van der Waals surface area contributed by atoms with Crippen molar-refractivity contribution in [3.8, 4) is 0 Å². The maximum absolute atomic E-state index is 5.97. The van der Waals surface area contributed by atoms with Gasteiger partial charge in [-0.15, -0.1) is 0 Å². The number of anilines is 1. The third-order valence-corrected chi connectivity index (χ3v) is 4.35. The molecular weight excluding hydrogens is 361 g/mol. The highest BCUT2D eigenvalue weighted by Gasteiger charge is 2.22. The lowest BCUT2D eigenvalue weighted by molar-refractivity contribution is 0.221. The van der Waals surface area contributed by atoms with Crippen LogP contribution in [0.3, 0.4) is 0 Å². The molecule has 0 aliphatic heterocycles. The summed E-state index contributed by atoms with van der Waals surface area (Å²) in [7, 11) is 4.33. The zero-order valence-electron chi connectivity index (χ0n) is 10.8. The summed E-state index contributed by atoms with van der Waals surface area (Å²) < 4.78 is 1.12. The fourth-order valence-corrected chi connectivity index (χ4v) is 3.47. The van der Waals surface area contributed by atoms with E-state index in [0.717, 1.165) is 15.4 Å². The molecule has 2 rings (SSSR count). The van der Waals surface area contributed by atoms with Gasteiger partial charge in [0.2, 0.25) is 0 Å². The Kier molecular flexibility index (Phi) is 5.09. The molecule has 0 atom stereocenters. The van der Waals surface area contributed by atoms with E-state index in [0.29, 0.717) is 11.2 Å². The third-order valence-electron chi connectivity index (χ3n) is 3.54. The molecule has 0 aromatic carbocycles. The molecule has 0 spiro atoms. The molecule has 1 aromatic heterocycles. The van der Waals surface area contributed by atoms with Crippen molar-refractivity contribution in [2.24, 2.45) is 0 Å². The highest BCUT2D eigenvalue weighted by molar-refractivity contribution is 14.1.